The van der Waals surface area contributed by atoms with Crippen molar-refractivity contribution in [3.63, 3.8) is 0 Å². The summed E-state index contributed by atoms with van der Waals surface area (Å²) >= 11 is 0. The summed E-state index contributed by atoms with van der Waals surface area (Å²) in [5, 5.41) is 3.80. The van der Waals surface area contributed by atoms with Gasteiger partial charge in [0.25, 0.3) is 0 Å². The van der Waals surface area contributed by atoms with E-state index >= 15 is 0 Å². The highest BCUT2D eigenvalue weighted by molar-refractivity contribution is 4.99. The third kappa shape index (κ3) is 2.28. The van der Waals surface area contributed by atoms with Gasteiger partial charge in [-0.2, -0.15) is 0 Å². The zero-order valence-electron chi connectivity index (χ0n) is 11.3. The van der Waals surface area contributed by atoms with E-state index in [1.54, 1.807) is 0 Å². The van der Waals surface area contributed by atoms with E-state index in [0.717, 1.165) is 19.1 Å². The summed E-state index contributed by atoms with van der Waals surface area (Å²) in [5.41, 5.74) is 0.342. The number of nitrogens with one attached hydrogen (secondary N) is 1. The van der Waals surface area contributed by atoms with Crippen molar-refractivity contribution in [3.8, 4) is 0 Å². The molecule has 1 atom stereocenters. The van der Waals surface area contributed by atoms with E-state index in [4.69, 9.17) is 4.74 Å². The van der Waals surface area contributed by atoms with Crippen molar-refractivity contribution in [2.75, 3.05) is 13.2 Å². The van der Waals surface area contributed by atoms with Crippen molar-refractivity contribution in [2.24, 2.45) is 11.8 Å². The maximum Gasteiger partial charge on any atom is 0.0802 e. The molecule has 16 heavy (non-hydrogen) atoms. The van der Waals surface area contributed by atoms with Gasteiger partial charge in [0.15, 0.2) is 0 Å². The molecule has 1 aliphatic heterocycles. The predicted octanol–water partition coefficient (Wildman–Crippen LogP) is 2.97. The number of hydrogen-bond acceptors (Lipinski definition) is 2. The van der Waals surface area contributed by atoms with Gasteiger partial charge in [-0.05, 0) is 44.4 Å². The van der Waals surface area contributed by atoms with Crippen LogP contribution in [0.1, 0.15) is 53.4 Å². The topological polar surface area (TPSA) is 21.3 Å². The molecule has 0 bridgehead atoms. The Morgan fingerprint density at radius 2 is 1.88 bits per heavy atom. The lowest BCUT2D eigenvalue weighted by atomic mass is 9.75. The Balaban J connectivity index is 1.94. The molecule has 2 fully saturated rings. The average molecular weight is 225 g/mol. The first-order valence-corrected chi connectivity index (χ1v) is 6.85. The van der Waals surface area contributed by atoms with Crippen LogP contribution in [-0.4, -0.2) is 24.3 Å². The first-order chi connectivity index (χ1) is 7.46. The summed E-state index contributed by atoms with van der Waals surface area (Å²) < 4.78 is 6.19. The second-order valence-electron chi connectivity index (χ2n) is 6.57. The Morgan fingerprint density at radius 1 is 1.25 bits per heavy atom. The SMILES string of the molecule is CC1CCC2(CC1)COC(C)(C(C)C)CN2. The second-order valence-corrected chi connectivity index (χ2v) is 6.57. The van der Waals surface area contributed by atoms with Crippen LogP contribution in [0.2, 0.25) is 0 Å². The Morgan fingerprint density at radius 3 is 2.31 bits per heavy atom. The van der Waals surface area contributed by atoms with Crippen LogP contribution in [0.15, 0.2) is 0 Å². The van der Waals surface area contributed by atoms with Gasteiger partial charge in [0.1, 0.15) is 0 Å². The van der Waals surface area contributed by atoms with E-state index < -0.39 is 0 Å². The van der Waals surface area contributed by atoms with Crippen LogP contribution in [0.25, 0.3) is 0 Å². The molecule has 1 saturated carbocycles. The van der Waals surface area contributed by atoms with Crippen molar-refractivity contribution in [1.29, 1.82) is 0 Å². The molecule has 2 aliphatic rings. The van der Waals surface area contributed by atoms with Crippen molar-refractivity contribution in [1.82, 2.24) is 5.32 Å². The zero-order chi connectivity index (χ0) is 11.8. The van der Waals surface area contributed by atoms with Gasteiger partial charge >= 0.3 is 0 Å². The summed E-state index contributed by atoms with van der Waals surface area (Å²) in [5.74, 6) is 1.49. The molecule has 0 aromatic carbocycles. The summed E-state index contributed by atoms with van der Waals surface area (Å²) in [4.78, 5) is 0. The third-order valence-corrected chi connectivity index (χ3v) is 4.95. The summed E-state index contributed by atoms with van der Waals surface area (Å²) in [6.45, 7) is 11.0. The van der Waals surface area contributed by atoms with Crippen LogP contribution in [0, 0.1) is 11.8 Å². The standard InChI is InChI=1S/C14H27NO/c1-11(2)13(4)9-15-14(10-16-13)7-5-12(3)6-8-14/h11-12,15H,5-10H2,1-4H3. The maximum atomic E-state index is 6.19. The number of rotatable bonds is 1. The molecule has 2 rings (SSSR count). The van der Waals surface area contributed by atoms with Gasteiger partial charge in [0.05, 0.1) is 12.2 Å². The number of morpholine rings is 1. The predicted molar refractivity (Wildman–Crippen MR) is 67.6 cm³/mol. The maximum absolute atomic E-state index is 6.19. The summed E-state index contributed by atoms with van der Waals surface area (Å²) in [6, 6.07) is 0. The fraction of sp³-hybridized carbons (Fsp3) is 1.00. The average Bonchev–Trinajstić information content (AvgIpc) is 2.27. The van der Waals surface area contributed by atoms with Gasteiger partial charge in [-0.15, -0.1) is 0 Å². The molecule has 1 unspecified atom stereocenters. The Hall–Kier alpha value is -0.0800. The minimum Gasteiger partial charge on any atom is -0.372 e. The van der Waals surface area contributed by atoms with Crippen molar-refractivity contribution >= 4 is 0 Å². The van der Waals surface area contributed by atoms with Crippen LogP contribution < -0.4 is 5.32 Å². The molecular weight excluding hydrogens is 198 g/mol. The minimum atomic E-state index is 0.0360. The fourth-order valence-corrected chi connectivity index (χ4v) is 2.77. The molecule has 0 aromatic heterocycles. The molecule has 0 aromatic rings. The van der Waals surface area contributed by atoms with Gasteiger partial charge in [0.2, 0.25) is 0 Å². The summed E-state index contributed by atoms with van der Waals surface area (Å²) in [7, 11) is 0. The summed E-state index contributed by atoms with van der Waals surface area (Å²) in [6.07, 6.45) is 5.30. The van der Waals surface area contributed by atoms with Crippen molar-refractivity contribution < 1.29 is 4.74 Å². The molecule has 94 valence electrons. The first-order valence-electron chi connectivity index (χ1n) is 6.85. The van der Waals surface area contributed by atoms with E-state index in [1.807, 2.05) is 0 Å². The van der Waals surface area contributed by atoms with E-state index in [-0.39, 0.29) is 5.60 Å². The van der Waals surface area contributed by atoms with Crippen LogP contribution in [-0.2, 0) is 4.74 Å². The number of ether oxygens (including phenoxy) is 1. The second kappa shape index (κ2) is 4.30. The van der Waals surface area contributed by atoms with Crippen LogP contribution in [0.5, 0.6) is 0 Å². The van der Waals surface area contributed by atoms with Gasteiger partial charge in [-0.3, -0.25) is 0 Å². The van der Waals surface area contributed by atoms with Gasteiger partial charge in [0, 0.05) is 12.1 Å². The Labute approximate surface area is 100 Å². The normalized spacial score (nSPS) is 45.2. The molecule has 0 radical (unpaired) electrons. The van der Waals surface area contributed by atoms with Crippen LogP contribution in [0.4, 0.5) is 0 Å². The van der Waals surface area contributed by atoms with Gasteiger partial charge in [-0.25, -0.2) is 0 Å². The smallest absolute Gasteiger partial charge is 0.0802 e. The molecule has 1 heterocycles. The lowest BCUT2D eigenvalue weighted by molar-refractivity contribution is -0.130. The Kier molecular flexibility index (Phi) is 3.33. The van der Waals surface area contributed by atoms with E-state index in [9.17, 15) is 0 Å². The van der Waals surface area contributed by atoms with Gasteiger partial charge in [-0.1, -0.05) is 20.8 Å². The monoisotopic (exact) mass is 225 g/mol. The zero-order valence-corrected chi connectivity index (χ0v) is 11.3. The molecule has 0 amide bonds. The van der Waals surface area contributed by atoms with E-state index in [0.29, 0.717) is 11.5 Å². The highest BCUT2D eigenvalue weighted by Gasteiger charge is 2.43. The molecule has 2 nitrogen and oxygen atoms in total. The third-order valence-electron chi connectivity index (χ3n) is 4.95. The molecular formula is C14H27NO. The molecule has 1 saturated heterocycles. The lowest BCUT2D eigenvalue weighted by Crippen LogP contribution is -2.63. The molecule has 2 heteroatoms. The van der Waals surface area contributed by atoms with Gasteiger partial charge < -0.3 is 10.1 Å². The largest absolute Gasteiger partial charge is 0.372 e. The van der Waals surface area contributed by atoms with E-state index in [1.165, 1.54) is 25.7 Å². The molecule has 1 aliphatic carbocycles. The fourth-order valence-electron chi connectivity index (χ4n) is 2.77. The highest BCUT2D eigenvalue weighted by atomic mass is 16.5. The van der Waals surface area contributed by atoms with Crippen molar-refractivity contribution in [3.05, 3.63) is 0 Å². The first kappa shape index (κ1) is 12.4. The van der Waals surface area contributed by atoms with E-state index in [2.05, 4.69) is 33.0 Å². The quantitative estimate of drug-likeness (QED) is 0.741. The number of hydrogen-bond donors (Lipinski definition) is 1. The Bertz CT molecular complexity index is 231. The highest BCUT2D eigenvalue weighted by Crippen LogP contribution is 2.37. The minimum absolute atomic E-state index is 0.0360. The molecule has 1 N–H and O–H groups in total. The lowest BCUT2D eigenvalue weighted by Gasteiger charge is -2.50. The van der Waals surface area contributed by atoms with Crippen molar-refractivity contribution in [2.45, 2.75) is 64.5 Å². The molecule has 1 spiro atoms. The van der Waals surface area contributed by atoms with Crippen LogP contribution >= 0.6 is 0 Å². The van der Waals surface area contributed by atoms with Crippen LogP contribution in [0.3, 0.4) is 0 Å².